The number of amidine groups is 2. The number of hydrazine groups is 1. The van der Waals surface area contributed by atoms with Crippen molar-refractivity contribution in [1.29, 1.82) is 0 Å². The summed E-state index contributed by atoms with van der Waals surface area (Å²) in [6.07, 6.45) is 10.6. The molecule has 2 aliphatic rings. The number of rotatable bonds is 9. The molecule has 4 rings (SSSR count). The lowest BCUT2D eigenvalue weighted by Crippen LogP contribution is -2.47. The molecule has 7 heteroatoms. The Bertz CT molecular complexity index is 1430. The van der Waals surface area contributed by atoms with Gasteiger partial charge in [0.1, 0.15) is 0 Å². The number of H-pyrrole nitrogens is 1. The molecule has 2 aliphatic heterocycles. The van der Waals surface area contributed by atoms with Gasteiger partial charge in [0, 0.05) is 53.9 Å². The summed E-state index contributed by atoms with van der Waals surface area (Å²) in [7, 11) is 0. The molecule has 194 valence electrons. The Kier molecular flexibility index (Phi) is 8.21. The van der Waals surface area contributed by atoms with E-state index in [1.165, 1.54) is 33.8 Å². The molecule has 2 N–H and O–H groups in total. The van der Waals surface area contributed by atoms with Crippen LogP contribution in [0.4, 0.5) is 0 Å². The van der Waals surface area contributed by atoms with Gasteiger partial charge in [-0.2, -0.15) is 0 Å². The molecule has 0 atom stereocenters. The molecule has 1 aromatic carbocycles. The van der Waals surface area contributed by atoms with E-state index >= 15 is 0 Å². The molecule has 1 aromatic heterocycles. The zero-order chi connectivity index (χ0) is 27.4. The highest BCUT2D eigenvalue weighted by molar-refractivity contribution is 6.48. The number of hydrogen-bond acceptors (Lipinski definition) is 4. The van der Waals surface area contributed by atoms with Crippen LogP contribution in [-0.4, -0.2) is 38.7 Å². The summed E-state index contributed by atoms with van der Waals surface area (Å²) >= 11 is 0. The number of nitrogens with one attached hydrogen (secondary N) is 2. The van der Waals surface area contributed by atoms with Crippen molar-refractivity contribution in [2.24, 2.45) is 10.2 Å². The fourth-order valence-electron chi connectivity index (χ4n) is 5.32. The monoisotopic (exact) mass is 505 g/mol. The highest BCUT2D eigenvalue weighted by Gasteiger charge is 2.34. The first-order valence-corrected chi connectivity index (χ1v) is 13.3. The van der Waals surface area contributed by atoms with Crippen molar-refractivity contribution >= 4 is 29.8 Å². The van der Waals surface area contributed by atoms with Crippen molar-refractivity contribution < 1.29 is 4.49 Å². The summed E-state index contributed by atoms with van der Waals surface area (Å²) < 4.78 is 2.45. The van der Waals surface area contributed by atoms with E-state index < -0.39 is 0 Å². The Morgan fingerprint density at radius 3 is 2.47 bits per heavy atom. The van der Waals surface area contributed by atoms with Crippen LogP contribution in [0.3, 0.4) is 0 Å². The maximum Gasteiger partial charge on any atom is 0.483 e. The van der Waals surface area contributed by atoms with E-state index in [0.717, 1.165) is 35.6 Å². The van der Waals surface area contributed by atoms with Crippen LogP contribution in [0.1, 0.15) is 62.0 Å². The highest BCUT2D eigenvalue weighted by atomic mass is 15.6. The van der Waals surface area contributed by atoms with E-state index in [-0.39, 0.29) is 0 Å². The number of terminal acetylenes is 1. The molecule has 0 fully saturated rings. The second-order valence-corrected chi connectivity index (χ2v) is 10.3. The van der Waals surface area contributed by atoms with E-state index in [4.69, 9.17) is 6.42 Å². The molecule has 0 radical (unpaired) electrons. The number of hydrogen-bond donors (Lipinski definition) is 2. The van der Waals surface area contributed by atoms with Crippen molar-refractivity contribution in [3.05, 3.63) is 88.5 Å². The van der Waals surface area contributed by atoms with Gasteiger partial charge in [-0.25, -0.2) is 5.01 Å². The van der Waals surface area contributed by atoms with Gasteiger partial charge in [0.05, 0.1) is 5.69 Å². The van der Waals surface area contributed by atoms with Crippen LogP contribution in [0.5, 0.6) is 0 Å². The number of aromatic nitrogens is 1. The smallest absolute Gasteiger partial charge is 0.359 e. The predicted molar refractivity (Wildman–Crippen MR) is 161 cm³/mol. The Morgan fingerprint density at radius 2 is 1.84 bits per heavy atom. The lowest BCUT2D eigenvalue weighted by molar-refractivity contribution is -0.319. The maximum atomic E-state index is 5.57. The third kappa shape index (κ3) is 5.60. The lowest BCUT2D eigenvalue weighted by atomic mass is 9.66. The third-order valence-corrected chi connectivity index (χ3v) is 6.93. The van der Waals surface area contributed by atoms with Crippen LogP contribution in [0.25, 0.3) is 5.57 Å². The number of benzene rings is 1. The summed E-state index contributed by atoms with van der Waals surface area (Å²) in [5, 5.41) is 11.0. The van der Waals surface area contributed by atoms with Gasteiger partial charge in [-0.1, -0.05) is 36.9 Å². The summed E-state index contributed by atoms with van der Waals surface area (Å²) in [6.45, 7) is 18.0. The molecular formula is C31H38BN6+. The summed E-state index contributed by atoms with van der Waals surface area (Å²) in [4.78, 5) is 3.64. The van der Waals surface area contributed by atoms with Crippen LogP contribution in [-0.2, 0) is 0 Å². The molecule has 0 amide bonds. The molecule has 2 aromatic rings. The topological polar surface area (TPSA) is 58.8 Å². The van der Waals surface area contributed by atoms with E-state index in [0.29, 0.717) is 25.5 Å². The first-order valence-electron chi connectivity index (χ1n) is 13.3. The first-order chi connectivity index (χ1) is 18.2. The van der Waals surface area contributed by atoms with Gasteiger partial charge in [0.15, 0.2) is 23.1 Å². The van der Waals surface area contributed by atoms with Crippen molar-refractivity contribution in [1.82, 2.24) is 15.4 Å². The van der Waals surface area contributed by atoms with Gasteiger partial charge in [-0.05, 0) is 58.9 Å². The van der Waals surface area contributed by atoms with Crippen molar-refractivity contribution in [3.63, 3.8) is 0 Å². The summed E-state index contributed by atoms with van der Waals surface area (Å²) in [5.74, 6) is 4.19. The Balaban J connectivity index is 1.67. The third-order valence-electron chi connectivity index (χ3n) is 6.93. The number of nitrogens with zero attached hydrogens (tertiary/aromatic N) is 4. The molecule has 3 heterocycles. The molecule has 0 saturated carbocycles. The zero-order valence-electron chi connectivity index (χ0n) is 23.5. The van der Waals surface area contributed by atoms with Crippen LogP contribution in [0.15, 0.2) is 76.2 Å². The molecule has 0 unspecified atom stereocenters. The predicted octanol–water partition coefficient (Wildman–Crippen LogP) is 6.31. The highest BCUT2D eigenvalue weighted by Crippen LogP contribution is 2.34. The van der Waals surface area contributed by atoms with Gasteiger partial charge in [-0.15, -0.1) is 22.5 Å². The van der Waals surface area contributed by atoms with Crippen LogP contribution in [0, 0.1) is 26.2 Å². The Morgan fingerprint density at radius 1 is 1.11 bits per heavy atom. The number of aryl methyl sites for hydroxylation is 2. The van der Waals surface area contributed by atoms with Crippen molar-refractivity contribution in [3.8, 4) is 12.3 Å². The van der Waals surface area contributed by atoms with Crippen LogP contribution in [0.2, 0.25) is 13.6 Å². The average molecular weight is 505 g/mol. The molecule has 0 aliphatic carbocycles. The minimum Gasteiger partial charge on any atom is -0.359 e. The van der Waals surface area contributed by atoms with Gasteiger partial charge < -0.3 is 4.98 Å². The molecule has 0 saturated heterocycles. The van der Waals surface area contributed by atoms with Gasteiger partial charge in [0.2, 0.25) is 0 Å². The molecular weight excluding hydrogens is 467 g/mol. The van der Waals surface area contributed by atoms with Crippen LogP contribution < -0.4 is 5.43 Å². The second-order valence-electron chi connectivity index (χ2n) is 10.3. The molecule has 0 spiro atoms. The van der Waals surface area contributed by atoms with E-state index in [9.17, 15) is 0 Å². The van der Waals surface area contributed by atoms with Gasteiger partial charge in [-0.3, -0.25) is 9.91 Å². The van der Waals surface area contributed by atoms with Crippen molar-refractivity contribution in [2.75, 3.05) is 0 Å². The van der Waals surface area contributed by atoms with Gasteiger partial charge in [0.25, 0.3) is 0 Å². The largest absolute Gasteiger partial charge is 0.483 e. The Hall–Kier alpha value is -4.05. The fraction of sp³-hybridized carbons (Fsp3) is 0.323. The Labute approximate surface area is 227 Å². The van der Waals surface area contributed by atoms with E-state index in [1.807, 2.05) is 35.3 Å². The second kappa shape index (κ2) is 11.6. The quantitative estimate of drug-likeness (QED) is 0.310. The molecule has 38 heavy (non-hydrogen) atoms. The van der Waals surface area contributed by atoms with E-state index in [2.05, 4.69) is 91.1 Å². The minimum absolute atomic E-state index is 0.351. The zero-order valence-corrected chi connectivity index (χ0v) is 23.5. The summed E-state index contributed by atoms with van der Waals surface area (Å²) in [6, 6.07) is 12.2. The summed E-state index contributed by atoms with van der Waals surface area (Å²) in [5.41, 5.74) is 14.1. The van der Waals surface area contributed by atoms with Gasteiger partial charge >= 0.3 is 6.85 Å². The standard InChI is InChI=1S/C31H37BN6/c1-9-10-16-28-34-35-31(26-14-12-11-13-15-26)36-38(28)24(5)17-18-27(29-21(2)19-23(4)33-29)30-22(3)20-25(6)37(30)32(7)8/h1,11-15,19-20H,5,10,16-18H2,2-4,6-8H3,(H,35,36)/p+1. The molecule has 0 bridgehead atoms. The van der Waals surface area contributed by atoms with Crippen LogP contribution >= 0.6 is 0 Å². The maximum absolute atomic E-state index is 5.57. The van der Waals surface area contributed by atoms with Crippen molar-refractivity contribution in [2.45, 2.75) is 67.0 Å². The first kappa shape index (κ1) is 27.0. The average Bonchev–Trinajstić information content (AvgIpc) is 3.39. The number of aromatic amines is 1. The molecule has 6 nitrogen and oxygen atoms in total. The normalized spacial score (nSPS) is 16.4. The van der Waals surface area contributed by atoms with E-state index in [1.54, 1.807) is 0 Å². The fourth-order valence-corrected chi connectivity index (χ4v) is 5.32. The number of allylic oxidation sites excluding steroid dienone is 4. The minimum atomic E-state index is 0.351. The SMILES string of the molecule is C#CCCC1=NN=C(c2ccccc2)NN1C(=C)CC/C(=C1\C(C)=CC(C)=[N+]1B(C)C)c1[nH]c(C)cc1C. The lowest BCUT2D eigenvalue weighted by Gasteiger charge is -2.31.